The number of aliphatic hydroxyl groups is 1. The zero-order chi connectivity index (χ0) is 58.3. The molecule has 11 nitrogen and oxygen atoms in total. The first-order valence-corrected chi connectivity index (χ1v) is 33.6. The monoisotopic (exact) mass is 1140 g/mol. The Labute approximate surface area is 489 Å². The smallest absolute Gasteiger partial charge is 0.462 e. The number of hydrogen-bond acceptors (Lipinski definition) is 10. The fraction of sp³-hybridized carbons (Fsp3) is 0.721. The Kier molecular flexibility index (Phi) is 58.7. The molecule has 0 saturated carbocycles. The lowest BCUT2D eigenvalue weighted by Gasteiger charge is -2.21. The molecule has 2 N–H and O–H groups in total. The maximum atomic E-state index is 13.0. The average Bonchev–Trinajstić information content (AvgIpc) is 3.45. The van der Waals surface area contributed by atoms with Gasteiger partial charge in [0.1, 0.15) is 12.7 Å². The van der Waals surface area contributed by atoms with Gasteiger partial charge in [0, 0.05) is 19.3 Å². The van der Waals surface area contributed by atoms with Crippen LogP contribution in [0.2, 0.25) is 0 Å². The number of ether oxygens (including phenoxy) is 3. The summed E-state index contributed by atoms with van der Waals surface area (Å²) >= 11 is 0. The molecule has 0 aliphatic rings. The second kappa shape index (κ2) is 61.5. The number of esters is 3. The molecular weight excluding hydrogens is 1020 g/mol. The Morgan fingerprint density at radius 2 is 0.650 bits per heavy atom. The Hall–Kier alpha value is -3.60. The number of allylic oxidation sites excluding steroid dienone is 16. The molecule has 0 aromatic heterocycles. The summed E-state index contributed by atoms with van der Waals surface area (Å²) in [6, 6.07) is 0. The number of rotatable bonds is 59. The second-order valence-corrected chi connectivity index (χ2v) is 22.7. The van der Waals surface area contributed by atoms with Crippen LogP contribution in [0.5, 0.6) is 0 Å². The van der Waals surface area contributed by atoms with Gasteiger partial charge in [-0.15, -0.1) is 0 Å². The fourth-order valence-corrected chi connectivity index (χ4v) is 9.41. The quantitative estimate of drug-likeness (QED) is 0.0197. The van der Waals surface area contributed by atoms with E-state index in [1.54, 1.807) is 0 Å². The molecular formula is C68H117O11P. The highest BCUT2D eigenvalue weighted by Crippen LogP contribution is 2.43. The summed E-state index contributed by atoms with van der Waals surface area (Å²) in [5.74, 6) is -1.51. The molecule has 0 radical (unpaired) electrons. The third-order valence-corrected chi connectivity index (χ3v) is 14.4. The summed E-state index contributed by atoms with van der Waals surface area (Å²) in [5, 5.41) is 9.85. The Bertz CT molecular complexity index is 1710. The van der Waals surface area contributed by atoms with Crippen LogP contribution in [0.1, 0.15) is 278 Å². The van der Waals surface area contributed by atoms with Crippen LogP contribution >= 0.6 is 7.82 Å². The predicted octanol–water partition coefficient (Wildman–Crippen LogP) is 19.6. The van der Waals surface area contributed by atoms with E-state index in [4.69, 9.17) is 23.3 Å². The van der Waals surface area contributed by atoms with Gasteiger partial charge in [-0.25, -0.2) is 4.57 Å². The highest BCUT2D eigenvalue weighted by molar-refractivity contribution is 7.47. The van der Waals surface area contributed by atoms with Crippen molar-refractivity contribution in [3.05, 3.63) is 97.2 Å². The van der Waals surface area contributed by atoms with Crippen molar-refractivity contribution in [3.8, 4) is 0 Å². The number of unbranched alkanes of at least 4 members (excludes halogenated alkanes) is 26. The maximum Gasteiger partial charge on any atom is 0.472 e. The highest BCUT2D eigenvalue weighted by Gasteiger charge is 2.28. The van der Waals surface area contributed by atoms with Crippen molar-refractivity contribution in [2.24, 2.45) is 0 Å². The predicted molar refractivity (Wildman–Crippen MR) is 334 cm³/mol. The van der Waals surface area contributed by atoms with Crippen LogP contribution in [0.4, 0.5) is 0 Å². The molecule has 0 saturated heterocycles. The van der Waals surface area contributed by atoms with E-state index in [0.29, 0.717) is 19.3 Å². The highest BCUT2D eigenvalue weighted by atomic mass is 31.2. The van der Waals surface area contributed by atoms with Crippen molar-refractivity contribution in [2.75, 3.05) is 26.4 Å². The third-order valence-electron chi connectivity index (χ3n) is 13.5. The SMILES string of the molecule is CC/C=C\C/C=C\C/C=C\C/C=C\C/C=C\CCCCCC(=O)OCC(COP(=O)(O)OCC(CO)OC(=O)CCCCCCCCCCCCCCCCC)OC(=O)CCCCCCCC/C=C\C/C=C\C/C=C\CCCCC. The molecule has 0 rings (SSSR count). The maximum absolute atomic E-state index is 13.0. The Morgan fingerprint density at radius 1 is 0.362 bits per heavy atom. The van der Waals surface area contributed by atoms with Crippen molar-refractivity contribution in [2.45, 2.75) is 290 Å². The van der Waals surface area contributed by atoms with Crippen LogP contribution in [0.25, 0.3) is 0 Å². The van der Waals surface area contributed by atoms with Gasteiger partial charge in [0.25, 0.3) is 0 Å². The molecule has 0 aromatic carbocycles. The van der Waals surface area contributed by atoms with E-state index in [9.17, 15) is 28.9 Å². The standard InChI is InChI=1S/C68H117O11P/c1-4-7-10-13-16-19-22-25-28-30-32-34-37-39-42-45-48-51-54-57-66(70)75-61-65(79-68(72)59-56-53-50-47-44-41-38-35-33-31-29-26-23-20-17-14-11-8-5-2)63-77-80(73,74)76-62-64(60-69)78-67(71)58-55-52-49-46-43-40-36-27-24-21-18-15-12-9-6-3/h7,10,16-17,19-20,25-26,28-29,32-35,39,42,64-65,69H,4-6,8-9,11-15,18,21-24,27,30-31,36-38,40-41,43-63H2,1-3H3,(H,73,74)/b10-7-,19-16-,20-17-,28-25-,29-26-,34-32-,35-33-,42-39-. The lowest BCUT2D eigenvalue weighted by molar-refractivity contribution is -0.161. The molecule has 0 aliphatic heterocycles. The summed E-state index contributed by atoms with van der Waals surface area (Å²) in [4.78, 5) is 48.8. The van der Waals surface area contributed by atoms with Gasteiger partial charge >= 0.3 is 25.7 Å². The second-order valence-electron chi connectivity index (χ2n) is 21.2. The van der Waals surface area contributed by atoms with Gasteiger partial charge in [-0.05, 0) is 103 Å². The number of carbonyl (C=O) groups excluding carboxylic acids is 3. The van der Waals surface area contributed by atoms with Gasteiger partial charge in [-0.1, -0.05) is 253 Å². The topological polar surface area (TPSA) is 155 Å². The van der Waals surface area contributed by atoms with Crippen LogP contribution < -0.4 is 0 Å². The van der Waals surface area contributed by atoms with Gasteiger partial charge < -0.3 is 24.2 Å². The summed E-state index contributed by atoms with van der Waals surface area (Å²) < 4.78 is 39.7. The van der Waals surface area contributed by atoms with Crippen molar-refractivity contribution >= 4 is 25.7 Å². The number of carbonyl (C=O) groups is 3. The van der Waals surface area contributed by atoms with E-state index in [0.717, 1.165) is 122 Å². The average molecular weight is 1140 g/mol. The van der Waals surface area contributed by atoms with Crippen molar-refractivity contribution in [1.29, 1.82) is 0 Å². The van der Waals surface area contributed by atoms with E-state index in [1.807, 2.05) is 0 Å². The van der Waals surface area contributed by atoms with Crippen LogP contribution in [0.3, 0.4) is 0 Å². The van der Waals surface area contributed by atoms with Crippen LogP contribution in [-0.2, 0) is 42.2 Å². The Balaban J connectivity index is 4.79. The van der Waals surface area contributed by atoms with Crippen LogP contribution in [-0.4, -0.2) is 66.5 Å². The van der Waals surface area contributed by atoms with Gasteiger partial charge in [0.05, 0.1) is 19.8 Å². The fourth-order valence-electron chi connectivity index (χ4n) is 8.63. The van der Waals surface area contributed by atoms with Gasteiger partial charge in [-0.3, -0.25) is 23.4 Å². The van der Waals surface area contributed by atoms with Crippen LogP contribution in [0, 0.1) is 0 Å². The number of aliphatic hydroxyl groups excluding tert-OH is 1. The van der Waals surface area contributed by atoms with Gasteiger partial charge in [0.2, 0.25) is 0 Å². The molecule has 12 heteroatoms. The number of phosphoric acid groups is 1. The lowest BCUT2D eigenvalue weighted by Crippen LogP contribution is -2.30. The van der Waals surface area contributed by atoms with E-state index in [-0.39, 0.29) is 25.9 Å². The molecule has 460 valence electrons. The van der Waals surface area contributed by atoms with Gasteiger partial charge in [0.15, 0.2) is 6.10 Å². The molecule has 0 aliphatic carbocycles. The van der Waals surface area contributed by atoms with Gasteiger partial charge in [-0.2, -0.15) is 0 Å². The zero-order valence-electron chi connectivity index (χ0n) is 51.0. The number of phosphoric ester groups is 1. The van der Waals surface area contributed by atoms with E-state index in [2.05, 4.69) is 118 Å². The van der Waals surface area contributed by atoms with Crippen LogP contribution in [0.15, 0.2) is 97.2 Å². The third kappa shape index (κ3) is 59.0. The molecule has 0 amide bonds. The van der Waals surface area contributed by atoms with Crippen molar-refractivity contribution in [1.82, 2.24) is 0 Å². The minimum Gasteiger partial charge on any atom is -0.462 e. The van der Waals surface area contributed by atoms with E-state index >= 15 is 0 Å². The lowest BCUT2D eigenvalue weighted by atomic mass is 10.0. The molecule has 0 fully saturated rings. The van der Waals surface area contributed by atoms with Crippen molar-refractivity contribution < 1.29 is 52.2 Å². The molecule has 0 heterocycles. The molecule has 3 unspecified atom stereocenters. The Morgan fingerprint density at radius 3 is 1.04 bits per heavy atom. The largest absolute Gasteiger partial charge is 0.472 e. The summed E-state index contributed by atoms with van der Waals surface area (Å²) in [7, 11) is -4.77. The van der Waals surface area contributed by atoms with E-state index < -0.39 is 57.8 Å². The number of hydrogen-bond donors (Lipinski definition) is 2. The molecule has 0 aromatic rings. The van der Waals surface area contributed by atoms with E-state index in [1.165, 1.54) is 96.3 Å². The minimum atomic E-state index is -4.77. The normalized spacial score (nSPS) is 13.9. The zero-order valence-corrected chi connectivity index (χ0v) is 51.9. The molecule has 80 heavy (non-hydrogen) atoms. The minimum absolute atomic E-state index is 0.142. The molecule has 3 atom stereocenters. The first kappa shape index (κ1) is 76.4. The molecule has 0 bridgehead atoms. The first-order valence-electron chi connectivity index (χ1n) is 32.1. The summed E-state index contributed by atoms with van der Waals surface area (Å²) in [6.45, 7) is 4.48. The molecule has 0 spiro atoms. The summed E-state index contributed by atoms with van der Waals surface area (Å²) in [5.41, 5.74) is 0. The van der Waals surface area contributed by atoms with Crippen molar-refractivity contribution in [3.63, 3.8) is 0 Å². The first-order chi connectivity index (χ1) is 39.2. The summed E-state index contributed by atoms with van der Waals surface area (Å²) in [6.07, 6.45) is 73.5.